The molecule has 0 N–H and O–H groups in total. The van der Waals surface area contributed by atoms with Crippen LogP contribution in [0.5, 0.6) is 0 Å². The first-order valence-corrected chi connectivity index (χ1v) is 9.31. The van der Waals surface area contributed by atoms with Crippen LogP contribution in [0.4, 0.5) is 0 Å². The van der Waals surface area contributed by atoms with E-state index in [0.29, 0.717) is 13.1 Å². The fraction of sp³-hybridized carbons (Fsp3) is 0.368. The van der Waals surface area contributed by atoms with Gasteiger partial charge in [-0.2, -0.15) is 10.5 Å². The van der Waals surface area contributed by atoms with Crippen LogP contribution in [0.25, 0.3) is 5.69 Å². The molecule has 7 heteroatoms. The second-order valence-electron chi connectivity index (χ2n) is 5.86. The molecule has 0 spiro atoms. The van der Waals surface area contributed by atoms with Crippen molar-refractivity contribution in [2.24, 2.45) is 0 Å². The van der Waals surface area contributed by atoms with Gasteiger partial charge in [0.25, 0.3) is 0 Å². The summed E-state index contributed by atoms with van der Waals surface area (Å²) in [6.07, 6.45) is 4.13. The molecular formula is C19H21N5OS. The van der Waals surface area contributed by atoms with Crippen LogP contribution < -0.4 is 0 Å². The average molecular weight is 367 g/mol. The highest BCUT2D eigenvalue weighted by Crippen LogP contribution is 2.23. The standard InChI is InChI=1S/C19H21N5OS/c1-15-5-6-17(16(2)13-15)24-12-9-22-19(24)26-14-18(25)23(10-3-7-20)11-4-8-21/h5-6,9,12-13H,3-4,10-11,14H2,1-2H3. The van der Waals surface area contributed by atoms with Crippen molar-refractivity contribution >= 4 is 17.7 Å². The summed E-state index contributed by atoms with van der Waals surface area (Å²) in [6.45, 7) is 4.80. The van der Waals surface area contributed by atoms with Gasteiger partial charge in [0.05, 0.1) is 36.4 Å². The van der Waals surface area contributed by atoms with Crippen molar-refractivity contribution in [3.8, 4) is 17.8 Å². The van der Waals surface area contributed by atoms with E-state index in [4.69, 9.17) is 10.5 Å². The molecule has 0 atom stereocenters. The lowest BCUT2D eigenvalue weighted by molar-refractivity contribution is -0.128. The molecule has 0 aliphatic heterocycles. The minimum Gasteiger partial charge on any atom is -0.340 e. The number of rotatable bonds is 8. The number of aryl methyl sites for hydroxylation is 2. The first kappa shape index (κ1) is 19.6. The van der Waals surface area contributed by atoms with Crippen molar-refractivity contribution in [1.82, 2.24) is 14.5 Å². The van der Waals surface area contributed by atoms with Crippen molar-refractivity contribution < 1.29 is 4.79 Å². The maximum absolute atomic E-state index is 12.5. The number of amides is 1. The van der Waals surface area contributed by atoms with E-state index in [1.54, 1.807) is 11.1 Å². The fourth-order valence-electron chi connectivity index (χ4n) is 2.60. The minimum absolute atomic E-state index is 0.0873. The Kier molecular flexibility index (Phi) is 7.25. The zero-order chi connectivity index (χ0) is 18.9. The molecule has 0 radical (unpaired) electrons. The number of nitriles is 2. The number of aromatic nitrogens is 2. The van der Waals surface area contributed by atoms with Gasteiger partial charge in [-0.1, -0.05) is 29.5 Å². The van der Waals surface area contributed by atoms with Gasteiger partial charge in [-0.25, -0.2) is 4.98 Å². The molecule has 2 aromatic rings. The van der Waals surface area contributed by atoms with Gasteiger partial charge in [-0.05, 0) is 25.5 Å². The quantitative estimate of drug-likeness (QED) is 0.669. The molecule has 1 aromatic heterocycles. The van der Waals surface area contributed by atoms with Crippen molar-refractivity contribution in [3.05, 3.63) is 41.7 Å². The minimum atomic E-state index is -0.0873. The third-order valence-corrected chi connectivity index (χ3v) is 4.83. The highest BCUT2D eigenvalue weighted by molar-refractivity contribution is 7.99. The van der Waals surface area contributed by atoms with Crippen molar-refractivity contribution in [2.75, 3.05) is 18.8 Å². The second-order valence-corrected chi connectivity index (χ2v) is 6.80. The maximum atomic E-state index is 12.5. The molecule has 0 fully saturated rings. The van der Waals surface area contributed by atoms with Crippen LogP contribution in [-0.2, 0) is 4.79 Å². The smallest absolute Gasteiger partial charge is 0.233 e. The number of carbonyl (C=O) groups excluding carboxylic acids is 1. The molecule has 0 aliphatic carbocycles. The van der Waals surface area contributed by atoms with Crippen LogP contribution in [-0.4, -0.2) is 39.2 Å². The summed E-state index contributed by atoms with van der Waals surface area (Å²) in [5, 5.41) is 18.2. The van der Waals surface area contributed by atoms with Gasteiger partial charge >= 0.3 is 0 Å². The van der Waals surface area contributed by atoms with E-state index in [9.17, 15) is 4.79 Å². The van der Waals surface area contributed by atoms with E-state index in [1.807, 2.05) is 42.0 Å². The normalized spacial score (nSPS) is 10.2. The summed E-state index contributed by atoms with van der Waals surface area (Å²) in [7, 11) is 0. The SMILES string of the molecule is Cc1ccc(-n2ccnc2SCC(=O)N(CCC#N)CCC#N)c(C)c1. The number of benzene rings is 1. The fourth-order valence-corrected chi connectivity index (χ4v) is 3.47. The summed E-state index contributed by atoms with van der Waals surface area (Å²) in [4.78, 5) is 18.4. The van der Waals surface area contributed by atoms with Crippen LogP contribution in [0, 0.1) is 36.5 Å². The molecule has 134 valence electrons. The summed E-state index contributed by atoms with van der Waals surface area (Å²) in [6, 6.07) is 10.3. The average Bonchev–Trinajstić information content (AvgIpc) is 3.08. The Hall–Kier alpha value is -2.77. The van der Waals surface area contributed by atoms with Crippen LogP contribution >= 0.6 is 11.8 Å². The van der Waals surface area contributed by atoms with Crippen molar-refractivity contribution in [2.45, 2.75) is 31.8 Å². The zero-order valence-corrected chi connectivity index (χ0v) is 15.8. The Morgan fingerprint density at radius 1 is 1.23 bits per heavy atom. The molecule has 26 heavy (non-hydrogen) atoms. The van der Waals surface area contributed by atoms with Gasteiger partial charge in [0.15, 0.2) is 5.16 Å². The van der Waals surface area contributed by atoms with Gasteiger partial charge in [0.2, 0.25) is 5.91 Å². The molecule has 2 rings (SSSR count). The first-order valence-electron chi connectivity index (χ1n) is 8.32. The highest BCUT2D eigenvalue weighted by Gasteiger charge is 2.16. The Balaban J connectivity index is 2.08. The lowest BCUT2D eigenvalue weighted by Crippen LogP contribution is -2.34. The molecule has 0 saturated carbocycles. The number of carbonyl (C=O) groups is 1. The molecule has 0 saturated heterocycles. The topological polar surface area (TPSA) is 85.7 Å². The molecule has 0 aliphatic rings. The molecule has 1 amide bonds. The van der Waals surface area contributed by atoms with E-state index < -0.39 is 0 Å². The Morgan fingerprint density at radius 3 is 2.54 bits per heavy atom. The zero-order valence-electron chi connectivity index (χ0n) is 15.0. The van der Waals surface area contributed by atoms with Crippen LogP contribution in [0.2, 0.25) is 0 Å². The number of imidazole rings is 1. The molecule has 1 aromatic carbocycles. The summed E-state index contributed by atoms with van der Waals surface area (Å²) in [5.41, 5.74) is 3.37. The number of hydrogen-bond acceptors (Lipinski definition) is 5. The van der Waals surface area contributed by atoms with E-state index in [2.05, 4.69) is 18.0 Å². The maximum Gasteiger partial charge on any atom is 0.233 e. The van der Waals surface area contributed by atoms with Gasteiger partial charge in [-0.3, -0.25) is 9.36 Å². The first-order chi connectivity index (χ1) is 12.6. The van der Waals surface area contributed by atoms with Crippen LogP contribution in [0.15, 0.2) is 35.7 Å². The summed E-state index contributed by atoms with van der Waals surface area (Å²) >= 11 is 1.36. The van der Waals surface area contributed by atoms with E-state index in [-0.39, 0.29) is 24.5 Å². The number of hydrogen-bond donors (Lipinski definition) is 0. The number of thioether (sulfide) groups is 1. The van der Waals surface area contributed by atoms with Gasteiger partial charge in [-0.15, -0.1) is 0 Å². The van der Waals surface area contributed by atoms with Gasteiger partial charge in [0.1, 0.15) is 0 Å². The largest absolute Gasteiger partial charge is 0.340 e. The van der Waals surface area contributed by atoms with E-state index >= 15 is 0 Å². The van der Waals surface area contributed by atoms with Gasteiger partial charge < -0.3 is 4.90 Å². The van der Waals surface area contributed by atoms with Gasteiger partial charge in [0, 0.05) is 25.5 Å². The van der Waals surface area contributed by atoms with Crippen LogP contribution in [0.3, 0.4) is 0 Å². The third kappa shape index (κ3) is 5.11. The molecule has 0 bridgehead atoms. The third-order valence-electron chi connectivity index (χ3n) is 3.88. The van der Waals surface area contributed by atoms with E-state index in [1.165, 1.54) is 17.3 Å². The summed E-state index contributed by atoms with van der Waals surface area (Å²) < 4.78 is 1.97. The predicted octanol–water partition coefficient (Wildman–Crippen LogP) is 3.24. The highest BCUT2D eigenvalue weighted by atomic mass is 32.2. The van der Waals surface area contributed by atoms with Crippen molar-refractivity contribution in [3.63, 3.8) is 0 Å². The van der Waals surface area contributed by atoms with Crippen molar-refractivity contribution in [1.29, 1.82) is 10.5 Å². The molecular weight excluding hydrogens is 346 g/mol. The monoisotopic (exact) mass is 367 g/mol. The molecule has 6 nitrogen and oxygen atoms in total. The van der Waals surface area contributed by atoms with Crippen LogP contribution in [0.1, 0.15) is 24.0 Å². The van der Waals surface area contributed by atoms with E-state index in [0.717, 1.165) is 16.4 Å². The number of nitrogens with zero attached hydrogens (tertiary/aromatic N) is 5. The Morgan fingerprint density at radius 2 is 1.92 bits per heavy atom. The predicted molar refractivity (Wildman–Crippen MR) is 101 cm³/mol. The lowest BCUT2D eigenvalue weighted by atomic mass is 10.1. The molecule has 0 unspecified atom stereocenters. The summed E-state index contributed by atoms with van der Waals surface area (Å²) in [5.74, 6) is 0.134. The lowest BCUT2D eigenvalue weighted by Gasteiger charge is -2.20. The molecule has 1 heterocycles. The Labute approximate surface area is 158 Å². The second kappa shape index (κ2) is 9.65. The Bertz CT molecular complexity index is 828.